The van der Waals surface area contributed by atoms with Gasteiger partial charge in [-0.15, -0.1) is 0 Å². The van der Waals surface area contributed by atoms with E-state index in [2.05, 4.69) is 0 Å². The molecule has 1 N–H and O–H groups in total. The molecule has 0 bridgehead atoms. The molecule has 23 heavy (non-hydrogen) atoms. The summed E-state index contributed by atoms with van der Waals surface area (Å²) in [6, 6.07) is 14.6. The van der Waals surface area contributed by atoms with Crippen LogP contribution in [0, 0.1) is 0 Å². The Morgan fingerprint density at radius 2 is 1.87 bits per heavy atom. The van der Waals surface area contributed by atoms with Crippen molar-refractivity contribution in [2.75, 3.05) is 13.7 Å². The van der Waals surface area contributed by atoms with E-state index in [9.17, 15) is 9.90 Å². The lowest BCUT2D eigenvalue weighted by atomic mass is 9.96. The van der Waals surface area contributed by atoms with Crippen molar-refractivity contribution in [3.05, 3.63) is 70.2 Å². The molecular formula is C18H20ClNO3. The van der Waals surface area contributed by atoms with Gasteiger partial charge in [0.05, 0.1) is 6.61 Å². The Morgan fingerprint density at radius 1 is 1.22 bits per heavy atom. The number of aliphatic hydroxyl groups is 1. The standard InChI is InChI=1S/C18H20ClNO3/c1-3-23-18(22)20(2)12-14-6-4-5-7-16(14)17(21)13-8-10-15(19)11-9-13/h4-11,17,21H,3,12H2,1-2H3/t17-/m0/s1. The summed E-state index contributed by atoms with van der Waals surface area (Å²) in [6.45, 7) is 2.46. The van der Waals surface area contributed by atoms with E-state index in [1.54, 1.807) is 38.2 Å². The molecule has 0 saturated heterocycles. The summed E-state index contributed by atoms with van der Waals surface area (Å²) in [7, 11) is 1.67. The molecule has 4 nitrogen and oxygen atoms in total. The fourth-order valence-electron chi connectivity index (χ4n) is 2.32. The number of nitrogens with zero attached hydrogens (tertiary/aromatic N) is 1. The Hall–Kier alpha value is -2.04. The van der Waals surface area contributed by atoms with Gasteiger partial charge in [-0.25, -0.2) is 4.79 Å². The molecule has 2 aromatic rings. The summed E-state index contributed by atoms with van der Waals surface area (Å²) in [6.07, 6.45) is -1.16. The van der Waals surface area contributed by atoms with Crippen LogP contribution in [-0.4, -0.2) is 29.8 Å². The fourth-order valence-corrected chi connectivity index (χ4v) is 2.45. The van der Waals surface area contributed by atoms with Crippen LogP contribution in [0.5, 0.6) is 0 Å². The van der Waals surface area contributed by atoms with Crippen LogP contribution in [0.3, 0.4) is 0 Å². The third-order valence-corrected chi connectivity index (χ3v) is 3.77. The Bertz CT molecular complexity index is 658. The molecule has 5 heteroatoms. The van der Waals surface area contributed by atoms with Crippen LogP contribution in [0.15, 0.2) is 48.5 Å². The Labute approximate surface area is 141 Å². The Balaban J connectivity index is 2.23. The number of hydrogen-bond donors (Lipinski definition) is 1. The molecule has 1 atom stereocenters. The number of rotatable bonds is 5. The Kier molecular flexibility index (Phi) is 6.02. The van der Waals surface area contributed by atoms with Gasteiger partial charge >= 0.3 is 6.09 Å². The van der Waals surface area contributed by atoms with Crippen molar-refractivity contribution in [1.82, 2.24) is 4.90 Å². The molecule has 0 unspecified atom stereocenters. The average Bonchev–Trinajstić information content (AvgIpc) is 2.55. The molecule has 0 heterocycles. The molecule has 0 fully saturated rings. The van der Waals surface area contributed by atoms with E-state index < -0.39 is 6.10 Å². The fraction of sp³-hybridized carbons (Fsp3) is 0.278. The van der Waals surface area contributed by atoms with Crippen LogP contribution in [-0.2, 0) is 11.3 Å². The number of aliphatic hydroxyl groups excluding tert-OH is 1. The van der Waals surface area contributed by atoms with Gasteiger partial charge in [-0.3, -0.25) is 0 Å². The zero-order chi connectivity index (χ0) is 16.8. The maximum atomic E-state index is 11.8. The van der Waals surface area contributed by atoms with Crippen molar-refractivity contribution >= 4 is 17.7 Å². The highest BCUT2D eigenvalue weighted by Gasteiger charge is 2.17. The second-order valence-corrected chi connectivity index (χ2v) is 5.64. The highest BCUT2D eigenvalue weighted by Crippen LogP contribution is 2.26. The molecule has 0 radical (unpaired) electrons. The minimum Gasteiger partial charge on any atom is -0.450 e. The normalized spacial score (nSPS) is 11.8. The van der Waals surface area contributed by atoms with E-state index in [0.29, 0.717) is 18.2 Å². The van der Waals surface area contributed by atoms with E-state index in [-0.39, 0.29) is 6.09 Å². The molecule has 2 rings (SSSR count). The highest BCUT2D eigenvalue weighted by atomic mass is 35.5. The lowest BCUT2D eigenvalue weighted by Crippen LogP contribution is -2.27. The van der Waals surface area contributed by atoms with Gasteiger partial charge in [-0.1, -0.05) is 48.0 Å². The predicted octanol–water partition coefficient (Wildman–Crippen LogP) is 4.01. The molecule has 2 aromatic carbocycles. The van der Waals surface area contributed by atoms with Crippen LogP contribution in [0.1, 0.15) is 29.7 Å². The quantitative estimate of drug-likeness (QED) is 0.899. The molecule has 0 aliphatic carbocycles. The summed E-state index contributed by atoms with van der Waals surface area (Å²) in [4.78, 5) is 13.2. The van der Waals surface area contributed by atoms with Crippen LogP contribution < -0.4 is 0 Å². The number of benzene rings is 2. The molecule has 0 spiro atoms. The van der Waals surface area contributed by atoms with Gasteiger partial charge in [-0.05, 0) is 35.7 Å². The van der Waals surface area contributed by atoms with Gasteiger partial charge in [0.25, 0.3) is 0 Å². The lowest BCUT2D eigenvalue weighted by molar-refractivity contribution is 0.113. The zero-order valence-corrected chi connectivity index (χ0v) is 14.0. The first-order valence-corrected chi connectivity index (χ1v) is 7.80. The van der Waals surface area contributed by atoms with Crippen LogP contribution in [0.4, 0.5) is 4.79 Å². The predicted molar refractivity (Wildman–Crippen MR) is 90.4 cm³/mol. The van der Waals surface area contributed by atoms with Crippen molar-refractivity contribution in [2.24, 2.45) is 0 Å². The third-order valence-electron chi connectivity index (χ3n) is 3.52. The first kappa shape index (κ1) is 17.3. The van der Waals surface area contributed by atoms with Gasteiger partial charge in [-0.2, -0.15) is 0 Å². The van der Waals surface area contributed by atoms with E-state index in [4.69, 9.17) is 16.3 Å². The van der Waals surface area contributed by atoms with Crippen LogP contribution in [0.2, 0.25) is 5.02 Å². The van der Waals surface area contributed by atoms with Crippen molar-refractivity contribution in [2.45, 2.75) is 19.6 Å². The van der Waals surface area contributed by atoms with Crippen molar-refractivity contribution in [1.29, 1.82) is 0 Å². The van der Waals surface area contributed by atoms with Crippen molar-refractivity contribution in [3.8, 4) is 0 Å². The van der Waals surface area contributed by atoms with Gasteiger partial charge in [0.15, 0.2) is 0 Å². The van der Waals surface area contributed by atoms with Gasteiger partial charge in [0.2, 0.25) is 0 Å². The number of ether oxygens (including phenoxy) is 1. The second-order valence-electron chi connectivity index (χ2n) is 5.21. The molecule has 1 amide bonds. The maximum absolute atomic E-state index is 11.8. The summed E-state index contributed by atoms with van der Waals surface area (Å²) in [5.41, 5.74) is 2.37. The molecule has 0 aliphatic heterocycles. The van der Waals surface area contributed by atoms with Crippen molar-refractivity contribution in [3.63, 3.8) is 0 Å². The van der Waals surface area contributed by atoms with Gasteiger partial charge < -0.3 is 14.7 Å². The third kappa shape index (κ3) is 4.47. The molecule has 0 aliphatic rings. The minimum absolute atomic E-state index is 0.332. The minimum atomic E-state index is -0.779. The summed E-state index contributed by atoms with van der Waals surface area (Å²) < 4.78 is 4.98. The maximum Gasteiger partial charge on any atom is 0.409 e. The molecule has 0 saturated carbocycles. The van der Waals surface area contributed by atoms with Gasteiger partial charge in [0, 0.05) is 18.6 Å². The summed E-state index contributed by atoms with van der Waals surface area (Å²) in [5.74, 6) is 0. The van der Waals surface area contributed by atoms with Crippen LogP contribution >= 0.6 is 11.6 Å². The number of amides is 1. The number of hydrogen-bond acceptors (Lipinski definition) is 3. The largest absolute Gasteiger partial charge is 0.450 e. The second kappa shape index (κ2) is 7.99. The molecular weight excluding hydrogens is 314 g/mol. The first-order chi connectivity index (χ1) is 11.0. The smallest absolute Gasteiger partial charge is 0.409 e. The van der Waals surface area contributed by atoms with E-state index >= 15 is 0 Å². The number of carbonyl (C=O) groups excluding carboxylic acids is 1. The van der Waals surface area contributed by atoms with E-state index in [1.165, 1.54) is 4.90 Å². The SMILES string of the molecule is CCOC(=O)N(C)Cc1ccccc1[C@@H](O)c1ccc(Cl)cc1. The highest BCUT2D eigenvalue weighted by molar-refractivity contribution is 6.30. The molecule has 122 valence electrons. The van der Waals surface area contributed by atoms with Crippen molar-refractivity contribution < 1.29 is 14.6 Å². The lowest BCUT2D eigenvalue weighted by Gasteiger charge is -2.21. The number of halogens is 1. The first-order valence-electron chi connectivity index (χ1n) is 7.42. The summed E-state index contributed by atoms with van der Waals surface area (Å²) >= 11 is 5.89. The number of carbonyl (C=O) groups is 1. The monoisotopic (exact) mass is 333 g/mol. The molecule has 0 aromatic heterocycles. The topological polar surface area (TPSA) is 49.8 Å². The summed E-state index contributed by atoms with van der Waals surface area (Å²) in [5, 5.41) is 11.3. The van der Waals surface area contributed by atoms with Crippen LogP contribution in [0.25, 0.3) is 0 Å². The van der Waals surface area contributed by atoms with E-state index in [0.717, 1.165) is 16.7 Å². The van der Waals surface area contributed by atoms with Gasteiger partial charge in [0.1, 0.15) is 6.10 Å². The Morgan fingerprint density at radius 3 is 2.52 bits per heavy atom. The van der Waals surface area contributed by atoms with E-state index in [1.807, 2.05) is 24.3 Å². The zero-order valence-electron chi connectivity index (χ0n) is 13.2. The average molecular weight is 334 g/mol.